The highest BCUT2D eigenvalue weighted by Crippen LogP contribution is 2.18. The lowest BCUT2D eigenvalue weighted by Gasteiger charge is -2.05. The van der Waals surface area contributed by atoms with E-state index in [1.165, 1.54) is 26.4 Å². The number of fused-ring (bicyclic) bond motifs is 1. The zero-order valence-corrected chi connectivity index (χ0v) is 11.4. The fraction of sp³-hybridized carbons (Fsp3) is 0.467. The maximum Gasteiger partial charge on any atom is 0.396 e. The average molecular weight is 261 g/mol. The third-order valence-electron chi connectivity index (χ3n) is 3.20. The molecule has 0 N–H and O–H groups in total. The number of aromatic nitrogens is 1. The van der Waals surface area contributed by atoms with Crippen molar-refractivity contribution >= 4 is 10.9 Å². The number of methoxy groups -OCH3 is 1. The molecule has 0 aliphatic heterocycles. The first-order valence-corrected chi connectivity index (χ1v) is 6.73. The first kappa shape index (κ1) is 13.6. The molecule has 102 valence electrons. The molecular weight excluding hydrogens is 242 g/mol. The van der Waals surface area contributed by atoms with Gasteiger partial charge in [0.2, 0.25) is 0 Å². The molecule has 4 nitrogen and oxygen atoms in total. The molecule has 0 unspecified atom stereocenters. The van der Waals surface area contributed by atoms with Gasteiger partial charge < -0.3 is 9.15 Å². The first-order chi connectivity index (χ1) is 9.26. The predicted octanol–water partition coefficient (Wildman–Crippen LogP) is 3.32. The summed E-state index contributed by atoms with van der Waals surface area (Å²) in [4.78, 5) is 16.2. The Bertz CT molecular complexity index is 604. The molecule has 0 aliphatic rings. The predicted molar refractivity (Wildman–Crippen MR) is 74.7 cm³/mol. The van der Waals surface area contributed by atoms with Crippen molar-refractivity contribution in [3.8, 4) is 6.08 Å². The van der Waals surface area contributed by atoms with Crippen LogP contribution in [-0.2, 0) is 6.42 Å². The number of hydrogen-bond donors (Lipinski definition) is 0. The van der Waals surface area contributed by atoms with Gasteiger partial charge in [0, 0.05) is 0 Å². The minimum atomic E-state index is -0.368. The van der Waals surface area contributed by atoms with E-state index in [1.54, 1.807) is 0 Å². The Morgan fingerprint density at radius 3 is 2.84 bits per heavy atom. The lowest BCUT2D eigenvalue weighted by molar-refractivity contribution is 0.270. The van der Waals surface area contributed by atoms with Crippen molar-refractivity contribution in [2.24, 2.45) is 0 Å². The number of aryl methyl sites for hydroxylation is 1. The zero-order valence-electron chi connectivity index (χ0n) is 11.4. The van der Waals surface area contributed by atoms with Crippen LogP contribution in [0.1, 0.15) is 38.2 Å². The van der Waals surface area contributed by atoms with Crippen molar-refractivity contribution in [1.29, 1.82) is 0 Å². The molecule has 1 aromatic heterocycles. The summed E-state index contributed by atoms with van der Waals surface area (Å²) in [6.07, 6.45) is 5.60. The van der Waals surface area contributed by atoms with E-state index in [0.29, 0.717) is 10.9 Å². The lowest BCUT2D eigenvalue weighted by atomic mass is 10.0. The molecule has 19 heavy (non-hydrogen) atoms. The molecule has 0 amide bonds. The summed E-state index contributed by atoms with van der Waals surface area (Å²) in [5.41, 5.74) is 1.28. The summed E-state index contributed by atoms with van der Waals surface area (Å²) in [5, 5.41) is 0.583. The fourth-order valence-corrected chi connectivity index (χ4v) is 2.20. The minimum Gasteiger partial charge on any atom is -0.453 e. The van der Waals surface area contributed by atoms with Gasteiger partial charge in [-0.3, -0.25) is 0 Å². The average Bonchev–Trinajstić information content (AvgIpc) is 2.43. The Morgan fingerprint density at radius 1 is 1.26 bits per heavy atom. The Balaban J connectivity index is 2.32. The van der Waals surface area contributed by atoms with E-state index in [2.05, 4.69) is 11.9 Å². The van der Waals surface area contributed by atoms with Gasteiger partial charge in [-0.05, 0) is 24.5 Å². The molecule has 0 fully saturated rings. The molecule has 0 radical (unpaired) electrons. The monoisotopic (exact) mass is 261 g/mol. The lowest BCUT2D eigenvalue weighted by Crippen LogP contribution is -2.06. The van der Waals surface area contributed by atoms with Crippen LogP contribution >= 0.6 is 0 Å². The van der Waals surface area contributed by atoms with Crippen LogP contribution in [0.5, 0.6) is 6.08 Å². The normalized spacial score (nSPS) is 10.8. The number of rotatable bonds is 6. The van der Waals surface area contributed by atoms with Gasteiger partial charge in [-0.1, -0.05) is 38.3 Å². The van der Waals surface area contributed by atoms with Gasteiger partial charge in [0.25, 0.3) is 0 Å². The van der Waals surface area contributed by atoms with Crippen LogP contribution in [0.2, 0.25) is 0 Å². The van der Waals surface area contributed by atoms with Gasteiger partial charge in [-0.25, -0.2) is 4.79 Å². The highest BCUT2D eigenvalue weighted by atomic mass is 16.6. The first-order valence-electron chi connectivity index (χ1n) is 6.73. The van der Waals surface area contributed by atoms with Crippen LogP contribution in [0.4, 0.5) is 0 Å². The maximum atomic E-state index is 12.0. The highest BCUT2D eigenvalue weighted by molar-refractivity contribution is 5.80. The molecule has 2 aromatic rings. The molecule has 0 saturated heterocycles. The number of benzene rings is 1. The summed E-state index contributed by atoms with van der Waals surface area (Å²) in [6.45, 7) is 2.18. The Labute approximate surface area is 112 Å². The van der Waals surface area contributed by atoms with Gasteiger partial charge in [0.15, 0.2) is 0 Å². The minimum absolute atomic E-state index is 0.0145. The van der Waals surface area contributed by atoms with Crippen molar-refractivity contribution in [1.82, 2.24) is 4.98 Å². The van der Waals surface area contributed by atoms with E-state index in [-0.39, 0.29) is 11.7 Å². The maximum absolute atomic E-state index is 12.0. The number of hydrogen-bond acceptors (Lipinski definition) is 4. The van der Waals surface area contributed by atoms with Crippen molar-refractivity contribution in [3.05, 3.63) is 34.2 Å². The molecule has 2 rings (SSSR count). The zero-order chi connectivity index (χ0) is 13.7. The van der Waals surface area contributed by atoms with E-state index in [4.69, 9.17) is 9.15 Å². The topological polar surface area (TPSA) is 52.3 Å². The SMILES string of the molecule is CCCCCCc1cccc2nc(OC)oc(=O)c12. The van der Waals surface area contributed by atoms with Gasteiger partial charge in [0.1, 0.15) is 0 Å². The molecular formula is C15H19NO3. The van der Waals surface area contributed by atoms with Crippen molar-refractivity contribution in [3.63, 3.8) is 0 Å². The smallest absolute Gasteiger partial charge is 0.396 e. The molecule has 4 heteroatoms. The standard InChI is InChI=1S/C15H19NO3/c1-3-4-5-6-8-11-9-7-10-12-13(11)14(17)19-15(16-12)18-2/h7,9-10H,3-6,8H2,1-2H3. The molecule has 0 aliphatic carbocycles. The Morgan fingerprint density at radius 2 is 2.11 bits per heavy atom. The summed E-state index contributed by atoms with van der Waals surface area (Å²) in [6, 6.07) is 5.70. The second-order valence-corrected chi connectivity index (χ2v) is 4.59. The van der Waals surface area contributed by atoms with Gasteiger partial charge in [-0.15, -0.1) is 0 Å². The van der Waals surface area contributed by atoms with E-state index < -0.39 is 0 Å². The van der Waals surface area contributed by atoms with Gasteiger partial charge >= 0.3 is 11.7 Å². The van der Waals surface area contributed by atoms with Crippen molar-refractivity contribution in [2.75, 3.05) is 7.11 Å². The largest absolute Gasteiger partial charge is 0.453 e. The summed E-state index contributed by atoms with van der Waals surface area (Å²) < 4.78 is 9.90. The third kappa shape index (κ3) is 3.13. The highest BCUT2D eigenvalue weighted by Gasteiger charge is 2.10. The van der Waals surface area contributed by atoms with Gasteiger partial charge in [0.05, 0.1) is 18.0 Å². The molecule has 1 aromatic carbocycles. The van der Waals surface area contributed by atoms with Crippen LogP contribution in [0.3, 0.4) is 0 Å². The van der Waals surface area contributed by atoms with Gasteiger partial charge in [-0.2, -0.15) is 4.98 Å². The van der Waals surface area contributed by atoms with Crippen LogP contribution in [0.25, 0.3) is 10.9 Å². The van der Waals surface area contributed by atoms with Crippen LogP contribution < -0.4 is 10.4 Å². The molecule has 1 heterocycles. The second kappa shape index (κ2) is 6.36. The Kier molecular flexibility index (Phi) is 4.55. The quantitative estimate of drug-likeness (QED) is 0.748. The van der Waals surface area contributed by atoms with E-state index in [0.717, 1.165) is 18.4 Å². The third-order valence-corrected chi connectivity index (χ3v) is 3.20. The van der Waals surface area contributed by atoms with Crippen molar-refractivity contribution in [2.45, 2.75) is 39.0 Å². The second-order valence-electron chi connectivity index (χ2n) is 4.59. The number of nitrogens with zero attached hydrogens (tertiary/aromatic N) is 1. The van der Waals surface area contributed by atoms with Crippen molar-refractivity contribution < 1.29 is 9.15 Å². The fourth-order valence-electron chi connectivity index (χ4n) is 2.20. The number of ether oxygens (including phenoxy) is 1. The molecule has 0 saturated carbocycles. The van der Waals surface area contributed by atoms with E-state index in [1.807, 2.05) is 18.2 Å². The van der Waals surface area contributed by atoms with Crippen LogP contribution in [0.15, 0.2) is 27.4 Å². The molecule has 0 bridgehead atoms. The van der Waals surface area contributed by atoms with E-state index in [9.17, 15) is 4.79 Å². The molecule has 0 atom stereocenters. The molecule has 0 spiro atoms. The van der Waals surface area contributed by atoms with Crippen LogP contribution in [-0.4, -0.2) is 12.1 Å². The summed E-state index contributed by atoms with van der Waals surface area (Å²) in [7, 11) is 1.44. The Hall–Kier alpha value is -1.84. The summed E-state index contributed by atoms with van der Waals surface area (Å²) in [5.74, 6) is 0. The summed E-state index contributed by atoms with van der Waals surface area (Å²) >= 11 is 0. The number of unbranched alkanes of at least 4 members (excludes halogenated alkanes) is 3. The van der Waals surface area contributed by atoms with Crippen LogP contribution in [0, 0.1) is 0 Å². The van der Waals surface area contributed by atoms with E-state index >= 15 is 0 Å².